The third-order valence-corrected chi connectivity index (χ3v) is 9.30. The number of nitrogens with one attached hydrogen (secondary N) is 4. The molecule has 0 aliphatic carbocycles. The molecule has 4 aromatic carbocycles. The van der Waals surface area contributed by atoms with E-state index in [1.165, 1.54) is 36.9 Å². The first kappa shape index (κ1) is 41.2. The van der Waals surface area contributed by atoms with Crippen molar-refractivity contribution >= 4 is 68.5 Å². The number of halogens is 2. The van der Waals surface area contributed by atoms with Crippen LogP contribution in [0.2, 0.25) is 0 Å². The van der Waals surface area contributed by atoms with E-state index in [0.717, 1.165) is 5.56 Å². The first-order valence-corrected chi connectivity index (χ1v) is 19.1. The molecule has 0 aliphatic heterocycles. The van der Waals surface area contributed by atoms with Crippen molar-refractivity contribution in [3.05, 3.63) is 121 Å². The first-order valence-electron chi connectivity index (χ1n) is 19.1. The highest BCUT2D eigenvalue weighted by Crippen LogP contribution is 2.35. The van der Waals surface area contributed by atoms with Crippen LogP contribution in [-0.2, 0) is 0 Å². The van der Waals surface area contributed by atoms with Crippen molar-refractivity contribution in [2.24, 2.45) is 0 Å². The number of aromatic nitrogens is 8. The average molecular weight is 825 g/mol. The number of anilines is 6. The number of carbonyl (C=O) groups is 2. The topological polar surface area (TPSA) is 221 Å². The summed E-state index contributed by atoms with van der Waals surface area (Å²) in [6, 6.07) is 24.1. The molecule has 0 spiro atoms. The Morgan fingerprint density at radius 2 is 1.03 bits per heavy atom. The lowest BCUT2D eigenvalue weighted by Gasteiger charge is -2.10. The number of benzene rings is 4. The number of aryl methyl sites for hydroxylation is 1. The number of carbonyl (C=O) groups excluding carboxylic acids is 2. The third kappa shape index (κ3) is 9.02. The maximum absolute atomic E-state index is 14.8. The Balaban J connectivity index is 0.000000184. The summed E-state index contributed by atoms with van der Waals surface area (Å²) in [5, 5.41) is 20.7. The van der Waals surface area contributed by atoms with E-state index in [9.17, 15) is 18.4 Å². The molecular weight excluding hydrogens is 783 g/mol. The second-order valence-corrected chi connectivity index (χ2v) is 14.5. The summed E-state index contributed by atoms with van der Waals surface area (Å²) >= 11 is 0. The zero-order valence-corrected chi connectivity index (χ0v) is 33.8. The molecule has 4 aromatic heterocycles. The summed E-state index contributed by atoms with van der Waals surface area (Å²) < 4.78 is 33.0. The molecule has 0 radical (unpaired) electrons. The monoisotopic (exact) mass is 824 g/mol. The zero-order chi connectivity index (χ0) is 43.4. The van der Waals surface area contributed by atoms with Crippen LogP contribution in [0.3, 0.4) is 0 Å². The van der Waals surface area contributed by atoms with E-state index in [0.29, 0.717) is 56.0 Å². The smallest absolute Gasteiger partial charge is 0.323 e. The maximum atomic E-state index is 14.8. The molecule has 8 N–H and O–H groups in total. The normalized spacial score (nSPS) is 11.1. The highest BCUT2D eigenvalue weighted by molar-refractivity contribution is 6.02. The van der Waals surface area contributed by atoms with Gasteiger partial charge >= 0.3 is 12.1 Å². The third-order valence-electron chi connectivity index (χ3n) is 9.30. The van der Waals surface area contributed by atoms with Crippen LogP contribution in [0.4, 0.5) is 52.8 Å². The van der Waals surface area contributed by atoms with Gasteiger partial charge in [-0.3, -0.25) is 0 Å². The van der Waals surface area contributed by atoms with Crippen molar-refractivity contribution in [3.8, 4) is 22.5 Å². The van der Waals surface area contributed by atoms with Crippen LogP contribution in [0.5, 0.6) is 0 Å². The minimum absolute atomic E-state index is 0.0293. The molecule has 16 nitrogen and oxygen atoms in total. The Morgan fingerprint density at radius 1 is 0.574 bits per heavy atom. The lowest BCUT2D eigenvalue weighted by molar-refractivity contribution is 0.261. The average Bonchev–Trinajstić information content (AvgIpc) is 3.82. The van der Waals surface area contributed by atoms with E-state index in [4.69, 9.17) is 11.5 Å². The van der Waals surface area contributed by atoms with Crippen LogP contribution in [0, 0.1) is 18.6 Å². The number of nitrogens with zero attached hydrogens (tertiary/aromatic N) is 8. The molecule has 0 aliphatic rings. The summed E-state index contributed by atoms with van der Waals surface area (Å²) in [5.41, 5.74) is 17.6. The minimum atomic E-state index is -0.599. The van der Waals surface area contributed by atoms with Gasteiger partial charge in [0, 0.05) is 34.6 Å². The fraction of sp³-hybridized carbons (Fsp3) is 0.163. The number of rotatable bonds is 8. The molecule has 0 atom stereocenters. The molecule has 0 fully saturated rings. The lowest BCUT2D eigenvalue weighted by Crippen LogP contribution is -2.20. The standard InChI is InChI=1S/C22H22FN7O.C21H20FN7O/c1-12(2)30-21-18(20(24)25-11-26-21)19(29-30)14-7-8-17(16(23)10-14)28-22(31)27-15-6-4-5-13(3)9-15;1-12(2)29-20-17(19(23)24-11-25-20)18(28-29)13-8-9-16(15(22)10-13)27-21(30)26-14-6-4-3-5-7-14/h4-12H,1-3H3,(H2,24,25,26)(H2,27,28,31);3-12H,1-2H3,(H2,23,24,25)(H2,26,27,30). The molecule has 8 rings (SSSR count). The molecule has 4 heterocycles. The van der Waals surface area contributed by atoms with E-state index >= 15 is 0 Å². The Morgan fingerprint density at radius 3 is 1.48 bits per heavy atom. The summed E-state index contributed by atoms with van der Waals surface area (Å²) in [6.07, 6.45) is 2.75. The van der Waals surface area contributed by atoms with Crippen LogP contribution in [0.15, 0.2) is 104 Å². The van der Waals surface area contributed by atoms with Crippen LogP contribution in [0.1, 0.15) is 45.3 Å². The molecule has 310 valence electrons. The highest BCUT2D eigenvalue weighted by atomic mass is 19.1. The van der Waals surface area contributed by atoms with Gasteiger partial charge in [-0.2, -0.15) is 10.2 Å². The molecule has 0 saturated carbocycles. The molecule has 0 unspecified atom stereocenters. The quantitative estimate of drug-likeness (QED) is 0.0852. The second-order valence-electron chi connectivity index (χ2n) is 14.5. The highest BCUT2D eigenvalue weighted by Gasteiger charge is 2.21. The van der Waals surface area contributed by atoms with Crippen molar-refractivity contribution in [3.63, 3.8) is 0 Å². The SMILES string of the molecule is CC(C)n1nc(-c2ccc(NC(=O)Nc3ccccc3)c(F)c2)c2c(N)ncnc21.Cc1cccc(NC(=O)Nc2ccc(-c3nn(C(C)C)c4ncnc(N)c34)cc2F)c1. The summed E-state index contributed by atoms with van der Waals surface area (Å²) in [5.74, 6) is -0.656. The molecular formula is C43H42F2N14O2. The Hall–Kier alpha value is -8.02. The van der Waals surface area contributed by atoms with Gasteiger partial charge in [0.15, 0.2) is 11.3 Å². The van der Waals surface area contributed by atoms with Crippen molar-refractivity contribution in [1.29, 1.82) is 0 Å². The van der Waals surface area contributed by atoms with E-state index in [-0.39, 0.29) is 35.1 Å². The van der Waals surface area contributed by atoms with E-state index < -0.39 is 23.7 Å². The zero-order valence-electron chi connectivity index (χ0n) is 33.8. The molecule has 4 amide bonds. The maximum Gasteiger partial charge on any atom is 0.323 e. The largest absolute Gasteiger partial charge is 0.383 e. The van der Waals surface area contributed by atoms with Crippen LogP contribution >= 0.6 is 0 Å². The summed E-state index contributed by atoms with van der Waals surface area (Å²) in [6.45, 7) is 9.79. The number of urea groups is 2. The number of nitrogen functional groups attached to an aromatic ring is 2. The molecule has 8 aromatic rings. The number of hydrogen-bond donors (Lipinski definition) is 6. The molecule has 0 bridgehead atoms. The van der Waals surface area contributed by atoms with Gasteiger partial charge in [-0.25, -0.2) is 47.7 Å². The van der Waals surface area contributed by atoms with Crippen molar-refractivity contribution in [2.45, 2.75) is 46.7 Å². The molecule has 18 heteroatoms. The number of nitrogens with two attached hydrogens (primary N) is 2. The van der Waals surface area contributed by atoms with E-state index in [2.05, 4.69) is 51.4 Å². The second kappa shape index (κ2) is 17.5. The van der Waals surface area contributed by atoms with Gasteiger partial charge < -0.3 is 32.7 Å². The molecule has 0 saturated heterocycles. The number of amides is 4. The van der Waals surface area contributed by atoms with Crippen LogP contribution < -0.4 is 32.7 Å². The van der Waals surface area contributed by atoms with E-state index in [1.54, 1.807) is 51.8 Å². The predicted octanol–water partition coefficient (Wildman–Crippen LogP) is 9.19. The Bertz CT molecular complexity index is 2900. The Kier molecular flexibility index (Phi) is 11.8. The van der Waals surface area contributed by atoms with Gasteiger partial charge in [-0.05, 0) is 88.7 Å². The molecule has 61 heavy (non-hydrogen) atoms. The van der Waals surface area contributed by atoms with Gasteiger partial charge in [-0.1, -0.05) is 42.5 Å². The number of fused-ring (bicyclic) bond motifs is 2. The minimum Gasteiger partial charge on any atom is -0.383 e. The van der Waals surface area contributed by atoms with Gasteiger partial charge in [0.1, 0.15) is 47.3 Å². The number of hydrogen-bond acceptors (Lipinski definition) is 10. The van der Waals surface area contributed by atoms with Crippen molar-refractivity contribution in [1.82, 2.24) is 39.5 Å². The summed E-state index contributed by atoms with van der Waals surface area (Å²) in [7, 11) is 0. The van der Waals surface area contributed by atoms with Crippen molar-refractivity contribution < 1.29 is 18.4 Å². The predicted molar refractivity (Wildman–Crippen MR) is 234 cm³/mol. The van der Waals surface area contributed by atoms with Gasteiger partial charge in [-0.15, -0.1) is 0 Å². The Labute approximate surface area is 348 Å². The van der Waals surface area contributed by atoms with Gasteiger partial charge in [0.25, 0.3) is 0 Å². The van der Waals surface area contributed by atoms with Crippen LogP contribution in [-0.4, -0.2) is 51.6 Å². The van der Waals surface area contributed by atoms with Gasteiger partial charge in [0.05, 0.1) is 22.1 Å². The van der Waals surface area contributed by atoms with Gasteiger partial charge in [0.2, 0.25) is 0 Å². The fourth-order valence-corrected chi connectivity index (χ4v) is 6.46. The lowest BCUT2D eigenvalue weighted by atomic mass is 10.1. The van der Waals surface area contributed by atoms with E-state index in [1.807, 2.05) is 58.9 Å². The van der Waals surface area contributed by atoms with Crippen LogP contribution in [0.25, 0.3) is 44.6 Å². The number of para-hydroxylation sites is 1. The first-order chi connectivity index (χ1) is 29.3. The van der Waals surface area contributed by atoms with Crippen molar-refractivity contribution in [2.75, 3.05) is 32.7 Å². The summed E-state index contributed by atoms with van der Waals surface area (Å²) in [4.78, 5) is 41.1. The fourth-order valence-electron chi connectivity index (χ4n) is 6.46.